The second-order valence-electron chi connectivity index (χ2n) is 6.30. The molecule has 1 heterocycles. The van der Waals surface area contributed by atoms with E-state index in [2.05, 4.69) is 4.74 Å². The standard InChI is InChI=1S/C19H20N2O8S/c1-27-19(23)14-4-2-3-5-17(14)30(25,26)21(9-8-18(22)20-24)11-13-6-7-15-16(10-13)29-12-28-15/h2-7,10,24H,8-9,11-12H2,1H3,(H,20,22). The van der Waals surface area contributed by atoms with Crippen LogP contribution in [0.25, 0.3) is 0 Å². The normalized spacial score (nSPS) is 12.6. The second-order valence-corrected chi connectivity index (χ2v) is 8.21. The van der Waals surface area contributed by atoms with E-state index in [0.717, 1.165) is 11.4 Å². The Bertz CT molecular complexity index is 1050. The number of hydroxylamine groups is 1. The van der Waals surface area contributed by atoms with E-state index in [0.29, 0.717) is 17.1 Å². The Hall–Kier alpha value is -3.15. The zero-order valence-electron chi connectivity index (χ0n) is 16.0. The molecule has 1 aliphatic heterocycles. The molecule has 10 nitrogen and oxygen atoms in total. The summed E-state index contributed by atoms with van der Waals surface area (Å²) in [5.41, 5.74) is 1.94. The topological polar surface area (TPSA) is 131 Å². The number of amides is 1. The number of sulfonamides is 1. The number of nitrogens with one attached hydrogen (secondary N) is 1. The van der Waals surface area contributed by atoms with Gasteiger partial charge in [-0.3, -0.25) is 10.0 Å². The van der Waals surface area contributed by atoms with Crippen molar-refractivity contribution in [1.29, 1.82) is 0 Å². The first kappa shape index (κ1) is 21.6. The minimum absolute atomic E-state index is 0.0734. The van der Waals surface area contributed by atoms with E-state index in [1.807, 2.05) is 0 Å². The van der Waals surface area contributed by atoms with Crippen LogP contribution in [0.1, 0.15) is 22.3 Å². The zero-order valence-corrected chi connectivity index (χ0v) is 16.8. The maximum Gasteiger partial charge on any atom is 0.339 e. The molecule has 0 saturated heterocycles. The molecule has 0 atom stereocenters. The lowest BCUT2D eigenvalue weighted by Crippen LogP contribution is -2.35. The quantitative estimate of drug-likeness (QED) is 0.359. The van der Waals surface area contributed by atoms with E-state index in [-0.39, 0.29) is 36.8 Å². The molecule has 0 aromatic heterocycles. The van der Waals surface area contributed by atoms with Gasteiger partial charge in [0.2, 0.25) is 22.7 Å². The molecule has 30 heavy (non-hydrogen) atoms. The summed E-state index contributed by atoms with van der Waals surface area (Å²) in [5.74, 6) is -0.524. The van der Waals surface area contributed by atoms with Crippen molar-refractivity contribution >= 4 is 21.9 Å². The fraction of sp³-hybridized carbons (Fsp3) is 0.263. The van der Waals surface area contributed by atoms with Crippen LogP contribution in [0.3, 0.4) is 0 Å². The van der Waals surface area contributed by atoms with Crippen molar-refractivity contribution in [2.24, 2.45) is 0 Å². The highest BCUT2D eigenvalue weighted by Gasteiger charge is 2.30. The van der Waals surface area contributed by atoms with Crippen LogP contribution in [0.5, 0.6) is 11.5 Å². The summed E-state index contributed by atoms with van der Waals surface area (Å²) >= 11 is 0. The third kappa shape index (κ3) is 4.53. The van der Waals surface area contributed by atoms with E-state index in [1.165, 1.54) is 29.7 Å². The Morgan fingerprint density at radius 3 is 2.63 bits per heavy atom. The summed E-state index contributed by atoms with van der Waals surface area (Å²) in [7, 11) is -3.05. The Morgan fingerprint density at radius 2 is 1.90 bits per heavy atom. The minimum Gasteiger partial charge on any atom is -0.465 e. The third-order valence-electron chi connectivity index (χ3n) is 4.42. The number of carbonyl (C=O) groups excluding carboxylic acids is 2. The number of carbonyl (C=O) groups is 2. The minimum atomic E-state index is -4.20. The van der Waals surface area contributed by atoms with Gasteiger partial charge in [-0.05, 0) is 29.8 Å². The smallest absolute Gasteiger partial charge is 0.339 e. The first-order valence-electron chi connectivity index (χ1n) is 8.85. The van der Waals surface area contributed by atoms with Crippen molar-refractivity contribution in [2.75, 3.05) is 20.4 Å². The Balaban J connectivity index is 1.97. The van der Waals surface area contributed by atoms with E-state index in [4.69, 9.17) is 14.7 Å². The molecule has 1 amide bonds. The van der Waals surface area contributed by atoms with Gasteiger partial charge in [0.25, 0.3) is 0 Å². The van der Waals surface area contributed by atoms with E-state index >= 15 is 0 Å². The second kappa shape index (κ2) is 9.11. The molecule has 0 spiro atoms. The fourth-order valence-electron chi connectivity index (χ4n) is 2.92. The monoisotopic (exact) mass is 436 g/mol. The molecule has 0 aliphatic carbocycles. The predicted octanol–water partition coefficient (Wildman–Crippen LogP) is 1.29. The summed E-state index contributed by atoms with van der Waals surface area (Å²) in [6.45, 7) is -0.268. The number of nitrogens with zero attached hydrogens (tertiary/aromatic N) is 1. The van der Waals surface area contributed by atoms with Crippen LogP contribution in [-0.4, -0.2) is 50.3 Å². The maximum absolute atomic E-state index is 13.4. The molecule has 0 fully saturated rings. The Labute approximate surface area is 173 Å². The van der Waals surface area contributed by atoms with Gasteiger partial charge < -0.3 is 14.2 Å². The molecule has 2 aromatic rings. The van der Waals surface area contributed by atoms with Gasteiger partial charge in [0.1, 0.15) is 0 Å². The van der Waals surface area contributed by atoms with Crippen LogP contribution in [0.4, 0.5) is 0 Å². The molecule has 11 heteroatoms. The van der Waals surface area contributed by atoms with Crippen LogP contribution in [0.15, 0.2) is 47.4 Å². The number of benzene rings is 2. The summed E-state index contributed by atoms with van der Waals surface area (Å²) in [6.07, 6.45) is -0.291. The van der Waals surface area contributed by atoms with Crippen molar-refractivity contribution in [3.63, 3.8) is 0 Å². The summed E-state index contributed by atoms with van der Waals surface area (Å²) < 4.78 is 43.1. The number of rotatable bonds is 8. The zero-order chi connectivity index (χ0) is 21.7. The van der Waals surface area contributed by atoms with Crippen molar-refractivity contribution in [1.82, 2.24) is 9.79 Å². The third-order valence-corrected chi connectivity index (χ3v) is 6.32. The Kier molecular flexibility index (Phi) is 6.55. The molecule has 0 saturated carbocycles. The first-order valence-corrected chi connectivity index (χ1v) is 10.3. The molecule has 160 valence electrons. The molecule has 0 radical (unpaired) electrons. The highest BCUT2D eigenvalue weighted by Crippen LogP contribution is 2.33. The first-order chi connectivity index (χ1) is 14.4. The lowest BCUT2D eigenvalue weighted by molar-refractivity contribution is -0.129. The summed E-state index contributed by atoms with van der Waals surface area (Å²) in [4.78, 5) is 23.3. The van der Waals surface area contributed by atoms with Gasteiger partial charge in [-0.15, -0.1) is 0 Å². The van der Waals surface area contributed by atoms with E-state index in [9.17, 15) is 18.0 Å². The highest BCUT2D eigenvalue weighted by molar-refractivity contribution is 7.89. The number of methoxy groups -OCH3 is 1. The van der Waals surface area contributed by atoms with E-state index < -0.39 is 21.9 Å². The summed E-state index contributed by atoms with van der Waals surface area (Å²) in [6, 6.07) is 10.6. The average molecular weight is 436 g/mol. The van der Waals surface area contributed by atoms with Crippen LogP contribution >= 0.6 is 0 Å². The van der Waals surface area contributed by atoms with Crippen molar-refractivity contribution < 1.29 is 37.4 Å². The molecular weight excluding hydrogens is 416 g/mol. The predicted molar refractivity (Wildman–Crippen MR) is 102 cm³/mol. The molecular formula is C19H20N2O8S. The van der Waals surface area contributed by atoms with Gasteiger partial charge in [-0.1, -0.05) is 18.2 Å². The van der Waals surface area contributed by atoms with Crippen LogP contribution in [0.2, 0.25) is 0 Å². The summed E-state index contributed by atoms with van der Waals surface area (Å²) in [5, 5.41) is 8.75. The van der Waals surface area contributed by atoms with Crippen molar-refractivity contribution in [2.45, 2.75) is 17.9 Å². The van der Waals surface area contributed by atoms with Crippen molar-refractivity contribution in [3.05, 3.63) is 53.6 Å². The molecule has 0 bridgehead atoms. The molecule has 0 unspecified atom stereocenters. The largest absolute Gasteiger partial charge is 0.465 e. The van der Waals surface area contributed by atoms with Gasteiger partial charge in [-0.2, -0.15) is 4.31 Å². The molecule has 2 aromatic carbocycles. The molecule has 1 aliphatic rings. The van der Waals surface area contributed by atoms with Gasteiger partial charge in [0.05, 0.1) is 17.6 Å². The van der Waals surface area contributed by atoms with Crippen LogP contribution in [-0.2, 0) is 26.1 Å². The molecule has 2 N–H and O–H groups in total. The number of ether oxygens (including phenoxy) is 3. The van der Waals surface area contributed by atoms with E-state index in [1.54, 1.807) is 18.2 Å². The Morgan fingerprint density at radius 1 is 1.17 bits per heavy atom. The SMILES string of the molecule is COC(=O)c1ccccc1S(=O)(=O)N(CCC(=O)NO)Cc1ccc2c(c1)OCO2. The number of esters is 1. The lowest BCUT2D eigenvalue weighted by Gasteiger charge is -2.23. The average Bonchev–Trinajstić information content (AvgIpc) is 3.23. The fourth-order valence-corrected chi connectivity index (χ4v) is 4.53. The van der Waals surface area contributed by atoms with Gasteiger partial charge in [-0.25, -0.2) is 18.7 Å². The number of hydrogen-bond donors (Lipinski definition) is 2. The van der Waals surface area contributed by atoms with Crippen molar-refractivity contribution in [3.8, 4) is 11.5 Å². The maximum atomic E-state index is 13.4. The van der Waals surface area contributed by atoms with Crippen LogP contribution in [0, 0.1) is 0 Å². The number of hydrogen-bond acceptors (Lipinski definition) is 8. The highest BCUT2D eigenvalue weighted by atomic mass is 32.2. The van der Waals surface area contributed by atoms with Crippen LogP contribution < -0.4 is 15.0 Å². The van der Waals surface area contributed by atoms with Gasteiger partial charge in [0.15, 0.2) is 11.5 Å². The van der Waals surface area contributed by atoms with Gasteiger partial charge >= 0.3 is 5.97 Å². The molecule has 3 rings (SSSR count). The van der Waals surface area contributed by atoms with Gasteiger partial charge in [0, 0.05) is 19.5 Å². The number of fused-ring (bicyclic) bond motifs is 1. The lowest BCUT2D eigenvalue weighted by atomic mass is 10.2.